The molecule has 1 fully saturated rings. The van der Waals surface area contributed by atoms with E-state index >= 15 is 0 Å². The minimum absolute atomic E-state index is 0.553. The Morgan fingerprint density at radius 2 is 2.22 bits per heavy atom. The fourth-order valence-electron chi connectivity index (χ4n) is 3.08. The van der Waals surface area contributed by atoms with Gasteiger partial charge in [0.1, 0.15) is 0 Å². The van der Waals surface area contributed by atoms with Crippen LogP contribution < -0.4 is 5.32 Å². The first-order chi connectivity index (χ1) is 8.67. The lowest BCUT2D eigenvalue weighted by molar-refractivity contribution is 0.237. The summed E-state index contributed by atoms with van der Waals surface area (Å²) in [6.07, 6.45) is 1.29. The molecular formula is C15H23BrN2. The SMILES string of the molecule is CCN1CCC(CNC)C1c1ccc(C)cc1Br. The lowest BCUT2D eigenvalue weighted by Gasteiger charge is -2.28. The van der Waals surface area contributed by atoms with Crippen LogP contribution in [0.5, 0.6) is 0 Å². The zero-order chi connectivity index (χ0) is 13.1. The van der Waals surface area contributed by atoms with Crippen LogP contribution in [0.2, 0.25) is 0 Å². The predicted octanol–water partition coefficient (Wildman–Crippen LogP) is 3.36. The van der Waals surface area contributed by atoms with Crippen molar-refractivity contribution in [2.24, 2.45) is 5.92 Å². The zero-order valence-corrected chi connectivity index (χ0v) is 13.1. The van der Waals surface area contributed by atoms with Gasteiger partial charge >= 0.3 is 0 Å². The summed E-state index contributed by atoms with van der Waals surface area (Å²) in [6, 6.07) is 7.30. The van der Waals surface area contributed by atoms with E-state index in [2.05, 4.69) is 65.2 Å². The first-order valence-corrected chi connectivity index (χ1v) is 7.61. The van der Waals surface area contributed by atoms with Crippen molar-refractivity contribution in [1.82, 2.24) is 10.2 Å². The van der Waals surface area contributed by atoms with Crippen LogP contribution in [0.1, 0.15) is 30.5 Å². The second-order valence-corrected chi connectivity index (χ2v) is 6.06. The van der Waals surface area contributed by atoms with Gasteiger partial charge in [0.15, 0.2) is 0 Å². The fourth-order valence-corrected chi connectivity index (χ4v) is 3.81. The molecule has 0 spiro atoms. The summed E-state index contributed by atoms with van der Waals surface area (Å²) in [5, 5.41) is 3.34. The molecule has 0 radical (unpaired) electrons. The molecule has 2 atom stereocenters. The second-order valence-electron chi connectivity index (χ2n) is 5.20. The topological polar surface area (TPSA) is 15.3 Å². The average Bonchev–Trinajstić information content (AvgIpc) is 2.73. The predicted molar refractivity (Wildman–Crippen MR) is 80.9 cm³/mol. The van der Waals surface area contributed by atoms with Crippen LogP contribution in [-0.2, 0) is 0 Å². The molecule has 100 valence electrons. The molecule has 3 heteroatoms. The fraction of sp³-hybridized carbons (Fsp3) is 0.600. The Morgan fingerprint density at radius 3 is 2.83 bits per heavy atom. The Balaban J connectivity index is 2.31. The zero-order valence-electron chi connectivity index (χ0n) is 11.5. The Morgan fingerprint density at radius 1 is 1.44 bits per heavy atom. The summed E-state index contributed by atoms with van der Waals surface area (Å²) >= 11 is 3.75. The summed E-state index contributed by atoms with van der Waals surface area (Å²) in [6.45, 7) is 7.85. The summed E-state index contributed by atoms with van der Waals surface area (Å²) < 4.78 is 1.26. The number of likely N-dealkylation sites (tertiary alicyclic amines) is 1. The maximum Gasteiger partial charge on any atom is 0.0399 e. The van der Waals surface area contributed by atoms with Gasteiger partial charge in [0.25, 0.3) is 0 Å². The molecule has 1 aliphatic rings. The van der Waals surface area contributed by atoms with E-state index in [1.807, 2.05) is 0 Å². The van der Waals surface area contributed by atoms with Gasteiger partial charge in [0, 0.05) is 10.5 Å². The molecular weight excluding hydrogens is 288 g/mol. The molecule has 2 nitrogen and oxygen atoms in total. The van der Waals surface area contributed by atoms with Gasteiger partial charge in [-0.3, -0.25) is 4.90 Å². The van der Waals surface area contributed by atoms with Crippen molar-refractivity contribution in [3.63, 3.8) is 0 Å². The molecule has 18 heavy (non-hydrogen) atoms. The van der Waals surface area contributed by atoms with E-state index in [1.165, 1.54) is 28.6 Å². The van der Waals surface area contributed by atoms with Gasteiger partial charge in [-0.2, -0.15) is 0 Å². The molecule has 0 aliphatic carbocycles. The van der Waals surface area contributed by atoms with Gasteiger partial charge in [-0.05, 0) is 63.1 Å². The standard InChI is InChI=1S/C15H23BrN2/c1-4-18-8-7-12(10-17-3)15(18)13-6-5-11(2)9-14(13)16/h5-6,9,12,15,17H,4,7-8,10H2,1-3H3. The maximum absolute atomic E-state index is 3.75. The second kappa shape index (κ2) is 6.18. The Hall–Kier alpha value is -0.380. The average molecular weight is 311 g/mol. The highest BCUT2D eigenvalue weighted by atomic mass is 79.9. The van der Waals surface area contributed by atoms with Crippen LogP contribution in [0, 0.1) is 12.8 Å². The third-order valence-corrected chi connectivity index (χ3v) is 4.66. The molecule has 0 aromatic heterocycles. The van der Waals surface area contributed by atoms with E-state index in [0.717, 1.165) is 13.1 Å². The van der Waals surface area contributed by atoms with Gasteiger partial charge in [-0.15, -0.1) is 0 Å². The van der Waals surface area contributed by atoms with E-state index in [0.29, 0.717) is 12.0 Å². The molecule has 1 aromatic carbocycles. The summed E-state index contributed by atoms with van der Waals surface area (Å²) in [5.74, 6) is 0.717. The smallest absolute Gasteiger partial charge is 0.0399 e. The van der Waals surface area contributed by atoms with Crippen LogP contribution in [0.3, 0.4) is 0 Å². The van der Waals surface area contributed by atoms with Crippen molar-refractivity contribution in [2.75, 3.05) is 26.7 Å². The molecule has 2 rings (SSSR count). The Labute approximate surface area is 119 Å². The van der Waals surface area contributed by atoms with Crippen LogP contribution in [0.15, 0.2) is 22.7 Å². The van der Waals surface area contributed by atoms with Crippen LogP contribution in [-0.4, -0.2) is 31.6 Å². The Kier molecular flexibility index (Phi) is 4.82. The van der Waals surface area contributed by atoms with E-state index in [9.17, 15) is 0 Å². The molecule has 1 heterocycles. The number of nitrogens with zero attached hydrogens (tertiary/aromatic N) is 1. The van der Waals surface area contributed by atoms with Crippen LogP contribution in [0.4, 0.5) is 0 Å². The van der Waals surface area contributed by atoms with Gasteiger partial charge in [0.2, 0.25) is 0 Å². The molecule has 1 N–H and O–H groups in total. The summed E-state index contributed by atoms with van der Waals surface area (Å²) in [4.78, 5) is 2.59. The van der Waals surface area contributed by atoms with Gasteiger partial charge in [-0.25, -0.2) is 0 Å². The molecule has 0 bridgehead atoms. The van der Waals surface area contributed by atoms with E-state index < -0.39 is 0 Å². The van der Waals surface area contributed by atoms with Crippen molar-refractivity contribution >= 4 is 15.9 Å². The number of rotatable bonds is 4. The minimum atomic E-state index is 0.553. The van der Waals surface area contributed by atoms with Crippen molar-refractivity contribution < 1.29 is 0 Å². The van der Waals surface area contributed by atoms with E-state index in [-0.39, 0.29) is 0 Å². The minimum Gasteiger partial charge on any atom is -0.319 e. The summed E-state index contributed by atoms with van der Waals surface area (Å²) in [7, 11) is 2.05. The molecule has 2 unspecified atom stereocenters. The van der Waals surface area contributed by atoms with Crippen molar-refractivity contribution in [3.05, 3.63) is 33.8 Å². The number of hydrogen-bond acceptors (Lipinski definition) is 2. The number of aryl methyl sites for hydroxylation is 1. The molecule has 1 aromatic rings. The first-order valence-electron chi connectivity index (χ1n) is 6.82. The van der Waals surface area contributed by atoms with Gasteiger partial charge < -0.3 is 5.32 Å². The normalized spacial score (nSPS) is 24.7. The largest absolute Gasteiger partial charge is 0.319 e. The van der Waals surface area contributed by atoms with E-state index in [4.69, 9.17) is 0 Å². The highest BCUT2D eigenvalue weighted by Gasteiger charge is 2.34. The third kappa shape index (κ3) is 2.79. The highest BCUT2D eigenvalue weighted by Crippen LogP contribution is 2.39. The highest BCUT2D eigenvalue weighted by molar-refractivity contribution is 9.10. The molecule has 1 saturated heterocycles. The number of hydrogen-bond donors (Lipinski definition) is 1. The molecule has 1 aliphatic heterocycles. The third-order valence-electron chi connectivity index (χ3n) is 3.97. The van der Waals surface area contributed by atoms with Gasteiger partial charge in [0.05, 0.1) is 0 Å². The monoisotopic (exact) mass is 310 g/mol. The first kappa shape index (κ1) is 14.0. The van der Waals surface area contributed by atoms with Crippen LogP contribution in [0.25, 0.3) is 0 Å². The van der Waals surface area contributed by atoms with Crippen molar-refractivity contribution in [1.29, 1.82) is 0 Å². The molecule has 0 saturated carbocycles. The van der Waals surface area contributed by atoms with E-state index in [1.54, 1.807) is 0 Å². The summed E-state index contributed by atoms with van der Waals surface area (Å²) in [5.41, 5.74) is 2.76. The number of halogens is 1. The van der Waals surface area contributed by atoms with Crippen molar-refractivity contribution in [3.8, 4) is 0 Å². The Bertz CT molecular complexity index is 405. The van der Waals surface area contributed by atoms with Crippen LogP contribution >= 0.6 is 15.9 Å². The number of benzene rings is 1. The quantitative estimate of drug-likeness (QED) is 0.917. The lowest BCUT2D eigenvalue weighted by Crippen LogP contribution is -2.29. The lowest BCUT2D eigenvalue weighted by atomic mass is 9.93. The number of nitrogens with one attached hydrogen (secondary N) is 1. The van der Waals surface area contributed by atoms with Gasteiger partial charge in [-0.1, -0.05) is 35.0 Å². The maximum atomic E-state index is 3.75. The van der Waals surface area contributed by atoms with Crippen molar-refractivity contribution in [2.45, 2.75) is 26.3 Å². The molecule has 0 amide bonds.